The fourth-order valence-electron chi connectivity index (χ4n) is 2.22. The van der Waals surface area contributed by atoms with Gasteiger partial charge in [0.15, 0.2) is 0 Å². The van der Waals surface area contributed by atoms with Gasteiger partial charge in [-0.25, -0.2) is 4.79 Å². The second kappa shape index (κ2) is 8.52. The summed E-state index contributed by atoms with van der Waals surface area (Å²) in [4.78, 5) is 14.2. The lowest BCUT2D eigenvalue weighted by molar-refractivity contribution is 0.0527. The van der Waals surface area contributed by atoms with Crippen LogP contribution in [0.3, 0.4) is 0 Å². The molecule has 0 spiro atoms. The molecule has 5 nitrogen and oxygen atoms in total. The van der Waals surface area contributed by atoms with E-state index in [0.717, 1.165) is 12.2 Å². The molecule has 1 rings (SSSR count). The maximum atomic E-state index is 12.1. The summed E-state index contributed by atoms with van der Waals surface area (Å²) in [5.41, 5.74) is 7.94. The molecule has 2 N–H and O–H groups in total. The van der Waals surface area contributed by atoms with Crippen LogP contribution in [0.15, 0.2) is 18.2 Å². The van der Waals surface area contributed by atoms with Gasteiger partial charge in [-0.15, -0.1) is 0 Å². The number of benzene rings is 1. The Morgan fingerprint density at radius 3 is 2.67 bits per heavy atom. The summed E-state index contributed by atoms with van der Waals surface area (Å²) in [7, 11) is 1.66. The molecule has 0 atom stereocenters. The zero-order valence-corrected chi connectivity index (χ0v) is 13.4. The molecule has 0 saturated carbocycles. The minimum Gasteiger partial charge on any atom is -0.462 e. The van der Waals surface area contributed by atoms with Crippen molar-refractivity contribution in [1.82, 2.24) is 0 Å². The average molecular weight is 294 g/mol. The minimum atomic E-state index is -0.342. The largest absolute Gasteiger partial charge is 0.462 e. The van der Waals surface area contributed by atoms with Crippen molar-refractivity contribution in [3.63, 3.8) is 0 Å². The number of ether oxygens (including phenoxy) is 2. The normalized spacial score (nSPS) is 10.7. The van der Waals surface area contributed by atoms with Gasteiger partial charge >= 0.3 is 5.97 Å². The van der Waals surface area contributed by atoms with E-state index in [2.05, 4.69) is 18.7 Å². The fraction of sp³-hybridized carbons (Fsp3) is 0.562. The third-order valence-corrected chi connectivity index (χ3v) is 3.03. The molecule has 0 aliphatic rings. The van der Waals surface area contributed by atoms with Gasteiger partial charge in [0.2, 0.25) is 0 Å². The van der Waals surface area contributed by atoms with E-state index >= 15 is 0 Å². The maximum absolute atomic E-state index is 12.1. The van der Waals surface area contributed by atoms with E-state index in [1.807, 2.05) is 0 Å². The summed E-state index contributed by atoms with van der Waals surface area (Å²) < 4.78 is 10.3. The first kappa shape index (κ1) is 17.3. The lowest BCUT2D eigenvalue weighted by atomic mass is 10.1. The molecule has 5 heteroatoms. The number of anilines is 2. The molecule has 0 saturated heterocycles. The molecule has 1 aromatic rings. The quantitative estimate of drug-likeness (QED) is 0.589. The second-order valence-electron chi connectivity index (χ2n) is 5.30. The van der Waals surface area contributed by atoms with E-state index in [0.29, 0.717) is 36.9 Å². The van der Waals surface area contributed by atoms with Gasteiger partial charge in [0.25, 0.3) is 0 Å². The topological polar surface area (TPSA) is 64.8 Å². The zero-order valence-electron chi connectivity index (χ0n) is 13.4. The first-order valence-corrected chi connectivity index (χ1v) is 7.30. The lowest BCUT2D eigenvalue weighted by Crippen LogP contribution is -2.33. The highest BCUT2D eigenvalue weighted by atomic mass is 16.5. The van der Waals surface area contributed by atoms with Crippen molar-refractivity contribution >= 4 is 17.3 Å². The summed E-state index contributed by atoms with van der Waals surface area (Å²) in [5.74, 6) is 0.0995. The first-order chi connectivity index (χ1) is 10.0. The van der Waals surface area contributed by atoms with Crippen molar-refractivity contribution in [2.75, 3.05) is 44.0 Å². The smallest absolute Gasteiger partial charge is 0.340 e. The van der Waals surface area contributed by atoms with Crippen molar-refractivity contribution in [3.05, 3.63) is 23.8 Å². The molecule has 21 heavy (non-hydrogen) atoms. The number of nitrogens with two attached hydrogens (primary N) is 1. The van der Waals surface area contributed by atoms with Crippen molar-refractivity contribution in [2.45, 2.75) is 20.8 Å². The number of esters is 1. The van der Waals surface area contributed by atoms with Gasteiger partial charge in [-0.05, 0) is 25.0 Å². The maximum Gasteiger partial charge on any atom is 0.340 e. The average Bonchev–Trinajstić information content (AvgIpc) is 2.43. The third-order valence-electron chi connectivity index (χ3n) is 3.03. The Kier molecular flexibility index (Phi) is 7.02. The van der Waals surface area contributed by atoms with Gasteiger partial charge in [0, 0.05) is 20.2 Å². The van der Waals surface area contributed by atoms with Crippen LogP contribution in [-0.2, 0) is 9.47 Å². The van der Waals surface area contributed by atoms with Crippen molar-refractivity contribution < 1.29 is 14.3 Å². The monoisotopic (exact) mass is 294 g/mol. The van der Waals surface area contributed by atoms with Crippen molar-refractivity contribution in [2.24, 2.45) is 5.92 Å². The van der Waals surface area contributed by atoms with Crippen LogP contribution in [-0.4, -0.2) is 39.4 Å². The summed E-state index contributed by atoms with van der Waals surface area (Å²) in [6.45, 7) is 8.44. The molecule has 0 aliphatic carbocycles. The van der Waals surface area contributed by atoms with E-state index < -0.39 is 0 Å². The lowest BCUT2D eigenvalue weighted by Gasteiger charge is -2.29. The number of nitrogen functional groups attached to an aromatic ring is 1. The van der Waals surface area contributed by atoms with Crippen LogP contribution < -0.4 is 10.6 Å². The van der Waals surface area contributed by atoms with Crippen LogP contribution in [0.2, 0.25) is 0 Å². The van der Waals surface area contributed by atoms with E-state index in [1.165, 1.54) is 0 Å². The molecule has 1 aromatic carbocycles. The molecule has 0 radical (unpaired) electrons. The molecular weight excluding hydrogens is 268 g/mol. The molecule has 0 fully saturated rings. The summed E-state index contributed by atoms with van der Waals surface area (Å²) in [5, 5.41) is 0. The molecule has 0 bridgehead atoms. The summed E-state index contributed by atoms with van der Waals surface area (Å²) in [6.07, 6.45) is 0. The molecule has 0 heterocycles. The first-order valence-electron chi connectivity index (χ1n) is 7.30. The summed E-state index contributed by atoms with van der Waals surface area (Å²) in [6, 6.07) is 5.33. The number of carbonyl (C=O) groups is 1. The highest BCUT2D eigenvalue weighted by molar-refractivity contribution is 5.99. The Morgan fingerprint density at radius 1 is 1.38 bits per heavy atom. The minimum absolute atomic E-state index is 0.342. The Balaban J connectivity index is 3.17. The third kappa shape index (κ3) is 4.93. The summed E-state index contributed by atoms with van der Waals surface area (Å²) >= 11 is 0. The highest BCUT2D eigenvalue weighted by Crippen LogP contribution is 2.29. The number of rotatable bonds is 8. The van der Waals surface area contributed by atoms with E-state index in [9.17, 15) is 4.79 Å². The molecule has 0 amide bonds. The van der Waals surface area contributed by atoms with E-state index in [4.69, 9.17) is 15.2 Å². The van der Waals surface area contributed by atoms with E-state index in [-0.39, 0.29) is 5.97 Å². The van der Waals surface area contributed by atoms with Crippen LogP contribution in [0.4, 0.5) is 11.4 Å². The van der Waals surface area contributed by atoms with Crippen LogP contribution in [0.1, 0.15) is 31.1 Å². The number of nitrogens with zero attached hydrogens (tertiary/aromatic N) is 1. The SMILES string of the molecule is CCOC(=O)c1cccc(N)c1N(CCOC)CC(C)C. The van der Waals surface area contributed by atoms with Gasteiger partial charge in [-0.1, -0.05) is 19.9 Å². The number of para-hydroxylation sites is 1. The number of carbonyl (C=O) groups excluding carboxylic acids is 1. The van der Waals surface area contributed by atoms with Crippen LogP contribution in [0.25, 0.3) is 0 Å². The van der Waals surface area contributed by atoms with Crippen molar-refractivity contribution in [3.8, 4) is 0 Å². The van der Waals surface area contributed by atoms with Gasteiger partial charge in [0.1, 0.15) is 0 Å². The van der Waals surface area contributed by atoms with Gasteiger partial charge in [-0.3, -0.25) is 0 Å². The van der Waals surface area contributed by atoms with Gasteiger partial charge in [0.05, 0.1) is 30.2 Å². The van der Waals surface area contributed by atoms with Crippen LogP contribution in [0, 0.1) is 5.92 Å². The van der Waals surface area contributed by atoms with Crippen LogP contribution in [0.5, 0.6) is 0 Å². The number of methoxy groups -OCH3 is 1. The number of hydrogen-bond donors (Lipinski definition) is 1. The molecular formula is C16H26N2O3. The van der Waals surface area contributed by atoms with Gasteiger partial charge < -0.3 is 20.1 Å². The Bertz CT molecular complexity index is 461. The van der Waals surface area contributed by atoms with Crippen LogP contribution >= 0.6 is 0 Å². The Morgan fingerprint density at radius 2 is 2.10 bits per heavy atom. The molecule has 0 aromatic heterocycles. The predicted molar refractivity (Wildman–Crippen MR) is 85.7 cm³/mol. The molecule has 0 aliphatic heterocycles. The second-order valence-corrected chi connectivity index (χ2v) is 5.30. The van der Waals surface area contributed by atoms with Gasteiger partial charge in [-0.2, -0.15) is 0 Å². The fourth-order valence-corrected chi connectivity index (χ4v) is 2.22. The highest BCUT2D eigenvalue weighted by Gasteiger charge is 2.20. The zero-order chi connectivity index (χ0) is 15.8. The predicted octanol–water partition coefficient (Wildman–Crippen LogP) is 2.55. The van der Waals surface area contributed by atoms with Crippen molar-refractivity contribution in [1.29, 1.82) is 0 Å². The molecule has 118 valence electrons. The number of hydrogen-bond acceptors (Lipinski definition) is 5. The standard InChI is InChI=1S/C16H26N2O3/c1-5-21-16(19)13-7-6-8-14(17)15(13)18(9-10-20-4)11-12(2)3/h6-8,12H,5,9-11,17H2,1-4H3. The Labute approximate surface area is 127 Å². The molecule has 0 unspecified atom stereocenters. The Hall–Kier alpha value is -1.75. The van der Waals surface area contributed by atoms with E-state index in [1.54, 1.807) is 32.2 Å².